The van der Waals surface area contributed by atoms with E-state index in [9.17, 15) is 0 Å². The maximum absolute atomic E-state index is 5.32. The average Bonchev–Trinajstić information content (AvgIpc) is 3.41. The van der Waals surface area contributed by atoms with Crippen LogP contribution in [0.1, 0.15) is 17.0 Å². The third-order valence-electron chi connectivity index (χ3n) is 5.07. The number of hydrogen-bond acceptors (Lipinski definition) is 6. The molecule has 0 bridgehead atoms. The number of aromatic amines is 1. The molecule has 0 aliphatic carbocycles. The number of hydrogen-bond donors (Lipinski definition) is 2. The van der Waals surface area contributed by atoms with Crippen LogP contribution in [-0.4, -0.2) is 43.9 Å². The van der Waals surface area contributed by atoms with Crippen LogP contribution in [0, 0.1) is 0 Å². The second kappa shape index (κ2) is 7.23. The van der Waals surface area contributed by atoms with Gasteiger partial charge >= 0.3 is 0 Å². The number of ether oxygens (including phenoxy) is 1. The van der Waals surface area contributed by atoms with Crippen LogP contribution >= 0.6 is 0 Å². The van der Waals surface area contributed by atoms with E-state index in [1.54, 1.807) is 7.11 Å². The highest BCUT2D eigenvalue weighted by Crippen LogP contribution is 2.32. The molecule has 144 valence electrons. The summed E-state index contributed by atoms with van der Waals surface area (Å²) >= 11 is 0. The van der Waals surface area contributed by atoms with Crippen LogP contribution in [0.2, 0.25) is 0 Å². The molecule has 0 fully saturated rings. The van der Waals surface area contributed by atoms with Crippen molar-refractivity contribution in [3.8, 4) is 5.75 Å². The lowest BCUT2D eigenvalue weighted by atomic mass is 9.91. The summed E-state index contributed by atoms with van der Waals surface area (Å²) < 4.78 is 6.73. The summed E-state index contributed by atoms with van der Waals surface area (Å²) in [4.78, 5) is 3.38. The molecule has 8 heteroatoms. The minimum atomic E-state index is 0.114. The molecule has 5 rings (SSSR count). The Hall–Kier alpha value is -3.94. The van der Waals surface area contributed by atoms with E-state index < -0.39 is 0 Å². The standard InChI is InChI=1S/C21H19N7O/c1-29-15-8-6-14(7-9-15)17(18-13-22-19-5-3-2-4-16(18)19)12-23-20-10-11-21-24-26-27-28(21)25-20/h2-11,13,17,22H,12H2,1H3,(H,23,25). The zero-order valence-corrected chi connectivity index (χ0v) is 15.8. The Labute approximate surface area is 166 Å². The summed E-state index contributed by atoms with van der Waals surface area (Å²) in [5.41, 5.74) is 4.14. The summed E-state index contributed by atoms with van der Waals surface area (Å²) in [5, 5.41) is 20.4. The third-order valence-corrected chi connectivity index (χ3v) is 5.07. The van der Waals surface area contributed by atoms with Gasteiger partial charge in [0.15, 0.2) is 5.65 Å². The predicted molar refractivity (Wildman–Crippen MR) is 110 cm³/mol. The van der Waals surface area contributed by atoms with Crippen molar-refractivity contribution in [3.63, 3.8) is 0 Å². The number of aromatic nitrogens is 6. The molecule has 1 atom stereocenters. The molecule has 0 radical (unpaired) electrons. The van der Waals surface area contributed by atoms with Gasteiger partial charge < -0.3 is 15.0 Å². The van der Waals surface area contributed by atoms with Gasteiger partial charge in [-0.15, -0.1) is 14.8 Å². The highest BCUT2D eigenvalue weighted by Gasteiger charge is 2.18. The Morgan fingerprint density at radius 2 is 1.93 bits per heavy atom. The smallest absolute Gasteiger partial charge is 0.200 e. The molecule has 8 nitrogen and oxygen atoms in total. The number of tetrazole rings is 1. The fourth-order valence-corrected chi connectivity index (χ4v) is 3.58. The first kappa shape index (κ1) is 17.2. The fourth-order valence-electron chi connectivity index (χ4n) is 3.58. The van der Waals surface area contributed by atoms with Gasteiger partial charge in [-0.25, -0.2) is 0 Å². The number of H-pyrrole nitrogens is 1. The molecule has 0 amide bonds. The number of nitrogens with zero attached hydrogens (tertiary/aromatic N) is 5. The molecule has 0 saturated heterocycles. The Morgan fingerprint density at radius 3 is 2.79 bits per heavy atom. The maximum atomic E-state index is 5.32. The number of benzene rings is 2. The third kappa shape index (κ3) is 3.25. The van der Waals surface area contributed by atoms with E-state index in [0.717, 1.165) is 11.3 Å². The van der Waals surface area contributed by atoms with Crippen LogP contribution in [0.15, 0.2) is 66.9 Å². The molecule has 29 heavy (non-hydrogen) atoms. The summed E-state index contributed by atoms with van der Waals surface area (Å²) in [6.45, 7) is 0.662. The SMILES string of the molecule is COc1ccc(C(CNc2ccc3nnnn3n2)c2c[nH]c3ccccc23)cc1. The fraction of sp³-hybridized carbons (Fsp3) is 0.143. The molecule has 1 unspecified atom stereocenters. The molecular formula is C21H19N7O. The van der Waals surface area contributed by atoms with Crippen molar-refractivity contribution in [2.75, 3.05) is 19.0 Å². The predicted octanol–water partition coefficient (Wildman–Crippen LogP) is 3.25. The van der Waals surface area contributed by atoms with E-state index in [0.29, 0.717) is 18.0 Å². The first-order valence-corrected chi connectivity index (χ1v) is 9.31. The van der Waals surface area contributed by atoms with Crippen LogP contribution < -0.4 is 10.1 Å². The van der Waals surface area contributed by atoms with Gasteiger partial charge in [0, 0.05) is 29.6 Å². The van der Waals surface area contributed by atoms with Crippen molar-refractivity contribution in [2.24, 2.45) is 0 Å². The van der Waals surface area contributed by atoms with Crippen molar-refractivity contribution >= 4 is 22.4 Å². The molecule has 0 spiro atoms. The molecular weight excluding hydrogens is 366 g/mol. The van der Waals surface area contributed by atoms with Crippen LogP contribution in [-0.2, 0) is 0 Å². The molecule has 2 aromatic carbocycles. The lowest BCUT2D eigenvalue weighted by Crippen LogP contribution is -2.15. The largest absolute Gasteiger partial charge is 0.497 e. The number of methoxy groups -OCH3 is 1. The van der Waals surface area contributed by atoms with Crippen molar-refractivity contribution in [3.05, 3.63) is 78.0 Å². The van der Waals surface area contributed by atoms with Gasteiger partial charge in [-0.05, 0) is 51.9 Å². The maximum Gasteiger partial charge on any atom is 0.200 e. The van der Waals surface area contributed by atoms with Crippen molar-refractivity contribution in [1.29, 1.82) is 0 Å². The quantitative estimate of drug-likeness (QED) is 0.466. The highest BCUT2D eigenvalue weighted by atomic mass is 16.5. The second-order valence-corrected chi connectivity index (χ2v) is 6.74. The van der Waals surface area contributed by atoms with Gasteiger partial charge in [-0.3, -0.25) is 0 Å². The van der Waals surface area contributed by atoms with E-state index in [1.807, 2.05) is 30.3 Å². The molecule has 0 aliphatic rings. The van der Waals surface area contributed by atoms with Gasteiger partial charge in [0.05, 0.1) is 7.11 Å². The normalized spacial score (nSPS) is 12.3. The van der Waals surface area contributed by atoms with Crippen LogP contribution in [0.25, 0.3) is 16.6 Å². The Morgan fingerprint density at radius 1 is 1.07 bits per heavy atom. The van der Waals surface area contributed by atoms with E-state index in [4.69, 9.17) is 4.74 Å². The topological polar surface area (TPSA) is 93.0 Å². The van der Waals surface area contributed by atoms with Crippen LogP contribution in [0.4, 0.5) is 5.82 Å². The first-order valence-electron chi connectivity index (χ1n) is 9.31. The lowest BCUT2D eigenvalue weighted by molar-refractivity contribution is 0.414. The minimum absolute atomic E-state index is 0.114. The Kier molecular flexibility index (Phi) is 4.28. The highest BCUT2D eigenvalue weighted by molar-refractivity contribution is 5.84. The lowest BCUT2D eigenvalue weighted by Gasteiger charge is -2.19. The number of nitrogens with one attached hydrogen (secondary N) is 2. The second-order valence-electron chi connectivity index (χ2n) is 6.74. The van der Waals surface area contributed by atoms with Gasteiger partial charge in [0.2, 0.25) is 0 Å². The Bertz CT molecular complexity index is 1260. The van der Waals surface area contributed by atoms with Crippen molar-refractivity contribution in [2.45, 2.75) is 5.92 Å². The summed E-state index contributed by atoms with van der Waals surface area (Å²) in [6, 6.07) is 20.2. The molecule has 0 saturated carbocycles. The van der Waals surface area contributed by atoms with E-state index in [1.165, 1.54) is 21.1 Å². The molecule has 2 N–H and O–H groups in total. The zero-order valence-electron chi connectivity index (χ0n) is 15.8. The first-order chi connectivity index (χ1) is 14.3. The zero-order chi connectivity index (χ0) is 19.6. The average molecular weight is 385 g/mol. The molecule has 0 aliphatic heterocycles. The number of fused-ring (bicyclic) bond motifs is 2. The van der Waals surface area contributed by atoms with Gasteiger partial charge in [0.25, 0.3) is 0 Å². The number of anilines is 1. The van der Waals surface area contributed by atoms with Crippen molar-refractivity contribution < 1.29 is 4.74 Å². The van der Waals surface area contributed by atoms with Gasteiger partial charge in [-0.2, -0.15) is 0 Å². The summed E-state index contributed by atoms with van der Waals surface area (Å²) in [6.07, 6.45) is 2.08. The van der Waals surface area contributed by atoms with Gasteiger partial charge in [0.1, 0.15) is 11.6 Å². The molecule has 5 aromatic rings. The summed E-state index contributed by atoms with van der Waals surface area (Å²) in [5.74, 6) is 1.66. The van der Waals surface area contributed by atoms with Crippen LogP contribution in [0.5, 0.6) is 5.75 Å². The van der Waals surface area contributed by atoms with E-state index >= 15 is 0 Å². The van der Waals surface area contributed by atoms with Crippen molar-refractivity contribution in [1.82, 2.24) is 30.2 Å². The number of para-hydroxylation sites is 1. The summed E-state index contributed by atoms with van der Waals surface area (Å²) in [7, 11) is 1.68. The minimum Gasteiger partial charge on any atom is -0.497 e. The molecule has 3 aromatic heterocycles. The van der Waals surface area contributed by atoms with Crippen LogP contribution in [0.3, 0.4) is 0 Å². The van der Waals surface area contributed by atoms with E-state index in [-0.39, 0.29) is 5.92 Å². The number of rotatable bonds is 6. The van der Waals surface area contributed by atoms with E-state index in [2.05, 4.69) is 67.5 Å². The Balaban J connectivity index is 1.50. The monoisotopic (exact) mass is 385 g/mol. The van der Waals surface area contributed by atoms with Gasteiger partial charge in [-0.1, -0.05) is 30.3 Å². The molecule has 3 heterocycles.